The Hall–Kier alpha value is -2.83. The molecule has 0 unspecified atom stereocenters. The number of amides is 1. The summed E-state index contributed by atoms with van der Waals surface area (Å²) in [5.74, 6) is 0. The number of aromatic nitrogens is 2. The standard InChI is InChI=1S/C15H17N3O4/c1-11(7-13-8-18(10-16-13)15(20)21)17-14(19)22-9-12-5-3-2-4-6-12/h2-6,8,10-11H,7,9H2,1H3,(H,17,19)(H,20,21)/t11-/m1/s1. The van der Waals surface area contributed by atoms with Gasteiger partial charge in [0.1, 0.15) is 12.9 Å². The normalized spacial score (nSPS) is 11.7. The van der Waals surface area contributed by atoms with Crippen molar-refractivity contribution in [3.05, 3.63) is 54.1 Å². The molecule has 7 heteroatoms. The lowest BCUT2D eigenvalue weighted by Crippen LogP contribution is -2.34. The second-order valence-electron chi connectivity index (χ2n) is 4.87. The molecule has 0 aliphatic heterocycles. The number of nitrogens with one attached hydrogen (secondary N) is 1. The highest BCUT2D eigenvalue weighted by atomic mass is 16.5. The van der Waals surface area contributed by atoms with Gasteiger partial charge < -0.3 is 15.2 Å². The second-order valence-corrected chi connectivity index (χ2v) is 4.87. The number of imidazole rings is 1. The van der Waals surface area contributed by atoms with E-state index in [9.17, 15) is 9.59 Å². The summed E-state index contributed by atoms with van der Waals surface area (Å²) in [6, 6.07) is 9.16. The highest BCUT2D eigenvalue weighted by molar-refractivity contribution is 5.68. The van der Waals surface area contributed by atoms with Crippen LogP contribution >= 0.6 is 0 Å². The molecule has 1 heterocycles. The highest BCUT2D eigenvalue weighted by Crippen LogP contribution is 2.03. The molecule has 0 saturated heterocycles. The quantitative estimate of drug-likeness (QED) is 0.883. The average molecular weight is 303 g/mol. The molecular formula is C15H17N3O4. The van der Waals surface area contributed by atoms with Gasteiger partial charge in [-0.3, -0.25) is 0 Å². The van der Waals surface area contributed by atoms with E-state index in [1.54, 1.807) is 6.92 Å². The first-order valence-electron chi connectivity index (χ1n) is 6.78. The van der Waals surface area contributed by atoms with E-state index in [0.29, 0.717) is 12.1 Å². The molecule has 1 aromatic heterocycles. The number of hydrogen-bond acceptors (Lipinski definition) is 4. The summed E-state index contributed by atoms with van der Waals surface area (Å²) in [5.41, 5.74) is 1.49. The van der Waals surface area contributed by atoms with Crippen LogP contribution in [0.3, 0.4) is 0 Å². The van der Waals surface area contributed by atoms with E-state index in [1.807, 2.05) is 30.3 Å². The number of ether oxygens (including phenoxy) is 1. The van der Waals surface area contributed by atoms with Gasteiger partial charge in [-0.2, -0.15) is 0 Å². The molecule has 7 nitrogen and oxygen atoms in total. The predicted octanol–water partition coefficient (Wildman–Crippen LogP) is 2.27. The van der Waals surface area contributed by atoms with Crippen LogP contribution in [0.1, 0.15) is 18.2 Å². The van der Waals surface area contributed by atoms with E-state index in [0.717, 1.165) is 10.1 Å². The Morgan fingerprint density at radius 1 is 1.36 bits per heavy atom. The Morgan fingerprint density at radius 3 is 2.73 bits per heavy atom. The number of rotatable bonds is 5. The lowest BCUT2D eigenvalue weighted by molar-refractivity contribution is 0.136. The zero-order valence-electron chi connectivity index (χ0n) is 12.1. The summed E-state index contributed by atoms with van der Waals surface area (Å²) in [5, 5.41) is 11.5. The fraction of sp³-hybridized carbons (Fsp3) is 0.267. The number of alkyl carbamates (subject to hydrolysis) is 1. The summed E-state index contributed by atoms with van der Waals surface area (Å²) >= 11 is 0. The van der Waals surface area contributed by atoms with E-state index in [-0.39, 0.29) is 12.6 Å². The minimum absolute atomic E-state index is 0.201. The maximum Gasteiger partial charge on any atom is 0.416 e. The van der Waals surface area contributed by atoms with Gasteiger partial charge in [-0.05, 0) is 12.5 Å². The summed E-state index contributed by atoms with van der Waals surface area (Å²) in [4.78, 5) is 26.4. The third-order valence-corrected chi connectivity index (χ3v) is 2.95. The van der Waals surface area contributed by atoms with Crippen molar-refractivity contribution in [1.29, 1.82) is 0 Å². The molecule has 0 radical (unpaired) electrons. The molecule has 1 amide bonds. The van der Waals surface area contributed by atoms with Crippen LogP contribution in [0.2, 0.25) is 0 Å². The maximum atomic E-state index is 11.7. The van der Waals surface area contributed by atoms with Gasteiger partial charge in [-0.15, -0.1) is 0 Å². The minimum Gasteiger partial charge on any atom is -0.464 e. The number of carboxylic acid groups (broad SMARTS) is 1. The van der Waals surface area contributed by atoms with Gasteiger partial charge in [-0.25, -0.2) is 19.1 Å². The Bertz CT molecular complexity index is 639. The fourth-order valence-electron chi connectivity index (χ4n) is 1.90. The van der Waals surface area contributed by atoms with Crippen molar-refractivity contribution < 1.29 is 19.4 Å². The first-order chi connectivity index (χ1) is 10.5. The van der Waals surface area contributed by atoms with E-state index in [1.165, 1.54) is 12.5 Å². The van der Waals surface area contributed by atoms with Crippen molar-refractivity contribution in [3.63, 3.8) is 0 Å². The number of hydrogen-bond donors (Lipinski definition) is 2. The summed E-state index contributed by atoms with van der Waals surface area (Å²) in [6.45, 7) is 2.00. The smallest absolute Gasteiger partial charge is 0.416 e. The van der Waals surface area contributed by atoms with Gasteiger partial charge in [-0.1, -0.05) is 30.3 Å². The van der Waals surface area contributed by atoms with E-state index in [2.05, 4.69) is 10.3 Å². The molecule has 0 aliphatic rings. The molecule has 0 fully saturated rings. The third-order valence-electron chi connectivity index (χ3n) is 2.95. The summed E-state index contributed by atoms with van der Waals surface area (Å²) < 4.78 is 6.08. The molecular weight excluding hydrogens is 286 g/mol. The molecule has 2 N–H and O–H groups in total. The Kier molecular flexibility index (Phi) is 5.13. The first kappa shape index (κ1) is 15.6. The largest absolute Gasteiger partial charge is 0.464 e. The highest BCUT2D eigenvalue weighted by Gasteiger charge is 2.12. The number of nitrogens with zero attached hydrogens (tertiary/aromatic N) is 2. The van der Waals surface area contributed by atoms with Crippen molar-refractivity contribution in [2.75, 3.05) is 0 Å². The Balaban J connectivity index is 1.77. The van der Waals surface area contributed by atoms with Crippen LogP contribution < -0.4 is 5.32 Å². The number of carbonyl (C=O) groups excluding carboxylic acids is 1. The summed E-state index contributed by atoms with van der Waals surface area (Å²) in [6.07, 6.45) is 1.44. The second kappa shape index (κ2) is 7.26. The third kappa shape index (κ3) is 4.62. The van der Waals surface area contributed by atoms with Crippen LogP contribution in [-0.2, 0) is 17.8 Å². The average Bonchev–Trinajstić information content (AvgIpc) is 2.95. The van der Waals surface area contributed by atoms with Gasteiger partial charge in [0.05, 0.1) is 5.69 Å². The van der Waals surface area contributed by atoms with Crippen LogP contribution in [-0.4, -0.2) is 32.9 Å². The van der Waals surface area contributed by atoms with Crippen LogP contribution in [0.5, 0.6) is 0 Å². The van der Waals surface area contributed by atoms with E-state index in [4.69, 9.17) is 9.84 Å². The summed E-state index contributed by atoms with van der Waals surface area (Å²) in [7, 11) is 0. The van der Waals surface area contributed by atoms with Crippen LogP contribution in [0, 0.1) is 0 Å². The topological polar surface area (TPSA) is 93.5 Å². The molecule has 1 atom stereocenters. The SMILES string of the molecule is C[C@H](Cc1cn(C(=O)O)cn1)NC(=O)OCc1ccccc1. The lowest BCUT2D eigenvalue weighted by Gasteiger charge is -2.12. The van der Waals surface area contributed by atoms with Crippen molar-refractivity contribution in [1.82, 2.24) is 14.9 Å². The van der Waals surface area contributed by atoms with Gasteiger partial charge in [0.25, 0.3) is 0 Å². The van der Waals surface area contributed by atoms with Gasteiger partial charge in [0, 0.05) is 18.7 Å². The van der Waals surface area contributed by atoms with E-state index < -0.39 is 12.2 Å². The molecule has 1 aromatic carbocycles. The fourth-order valence-corrected chi connectivity index (χ4v) is 1.90. The van der Waals surface area contributed by atoms with Crippen LogP contribution in [0.4, 0.5) is 9.59 Å². The predicted molar refractivity (Wildman–Crippen MR) is 78.6 cm³/mol. The Morgan fingerprint density at radius 2 is 2.09 bits per heavy atom. The molecule has 0 aliphatic carbocycles. The van der Waals surface area contributed by atoms with Crippen molar-refractivity contribution in [2.24, 2.45) is 0 Å². The zero-order chi connectivity index (χ0) is 15.9. The molecule has 2 rings (SSSR count). The number of carbonyl (C=O) groups is 2. The van der Waals surface area contributed by atoms with Gasteiger partial charge >= 0.3 is 12.2 Å². The molecule has 116 valence electrons. The van der Waals surface area contributed by atoms with Crippen molar-refractivity contribution in [3.8, 4) is 0 Å². The monoisotopic (exact) mass is 303 g/mol. The zero-order valence-corrected chi connectivity index (χ0v) is 12.1. The molecule has 0 bridgehead atoms. The van der Waals surface area contributed by atoms with Crippen LogP contribution in [0.25, 0.3) is 0 Å². The first-order valence-corrected chi connectivity index (χ1v) is 6.78. The molecule has 2 aromatic rings. The molecule has 0 saturated carbocycles. The van der Waals surface area contributed by atoms with Crippen molar-refractivity contribution in [2.45, 2.75) is 26.0 Å². The minimum atomic E-state index is -1.10. The van der Waals surface area contributed by atoms with E-state index >= 15 is 0 Å². The van der Waals surface area contributed by atoms with Gasteiger partial charge in [0.2, 0.25) is 0 Å². The van der Waals surface area contributed by atoms with Crippen LogP contribution in [0.15, 0.2) is 42.9 Å². The molecule has 22 heavy (non-hydrogen) atoms. The Labute approximate surface area is 127 Å². The van der Waals surface area contributed by atoms with Crippen molar-refractivity contribution >= 4 is 12.2 Å². The number of benzene rings is 1. The molecule has 0 spiro atoms. The lowest BCUT2D eigenvalue weighted by atomic mass is 10.2. The maximum absolute atomic E-state index is 11.7. The van der Waals surface area contributed by atoms with Gasteiger partial charge in [0.15, 0.2) is 0 Å².